The molecule has 0 aromatic heterocycles. The minimum Gasteiger partial charge on any atom is -0.453 e. The van der Waals surface area contributed by atoms with Crippen molar-refractivity contribution < 1.29 is 14.3 Å². The SMILES string of the molecule is COC(=O)NC(OC)C(Cl)Cl. The molecule has 1 atom stereocenters. The molecule has 0 heterocycles. The lowest BCUT2D eigenvalue weighted by Crippen LogP contribution is -2.40. The number of methoxy groups -OCH3 is 2. The Kier molecular flexibility index (Phi) is 5.36. The number of ether oxygens (including phenoxy) is 2. The summed E-state index contributed by atoms with van der Waals surface area (Å²) < 4.78 is 8.99. The van der Waals surface area contributed by atoms with Crippen LogP contribution in [0.15, 0.2) is 0 Å². The van der Waals surface area contributed by atoms with Gasteiger partial charge in [-0.3, -0.25) is 5.32 Å². The highest BCUT2D eigenvalue weighted by Gasteiger charge is 2.18. The number of alkyl carbamates (subject to hydrolysis) is 1. The van der Waals surface area contributed by atoms with Crippen molar-refractivity contribution in [3.63, 3.8) is 0 Å². The highest BCUT2D eigenvalue weighted by atomic mass is 35.5. The number of hydrogen-bond donors (Lipinski definition) is 1. The molecule has 0 saturated heterocycles. The summed E-state index contributed by atoms with van der Waals surface area (Å²) in [5, 5.41) is 2.27. The summed E-state index contributed by atoms with van der Waals surface area (Å²) >= 11 is 10.8. The quantitative estimate of drug-likeness (QED) is 0.550. The zero-order valence-electron chi connectivity index (χ0n) is 6.14. The molecule has 1 N–H and O–H groups in total. The maximum atomic E-state index is 10.6. The van der Waals surface area contributed by atoms with Crippen LogP contribution in [0.3, 0.4) is 0 Å². The summed E-state index contributed by atoms with van der Waals surface area (Å²) in [5.74, 6) is 0. The number of halogens is 2. The maximum absolute atomic E-state index is 10.6. The third-order valence-electron chi connectivity index (χ3n) is 0.928. The van der Waals surface area contributed by atoms with Gasteiger partial charge in [-0.2, -0.15) is 0 Å². The lowest BCUT2D eigenvalue weighted by atomic mass is 10.6. The predicted molar refractivity (Wildman–Crippen MR) is 41.8 cm³/mol. The summed E-state index contributed by atoms with van der Waals surface area (Å²) in [6.07, 6.45) is -1.38. The molecule has 0 bridgehead atoms. The number of carbonyl (C=O) groups excluding carboxylic acids is 1. The highest BCUT2D eigenvalue weighted by Crippen LogP contribution is 2.08. The second kappa shape index (κ2) is 5.46. The van der Waals surface area contributed by atoms with Crippen LogP contribution in [0.4, 0.5) is 4.79 Å². The minimum absolute atomic E-state index is 0.636. The van der Waals surface area contributed by atoms with E-state index in [9.17, 15) is 4.79 Å². The molecule has 0 aromatic rings. The zero-order chi connectivity index (χ0) is 8.85. The van der Waals surface area contributed by atoms with Gasteiger partial charge in [-0.1, -0.05) is 0 Å². The number of alkyl halides is 2. The van der Waals surface area contributed by atoms with Crippen molar-refractivity contribution in [2.45, 2.75) is 11.1 Å². The summed E-state index contributed by atoms with van der Waals surface area (Å²) in [5.41, 5.74) is 0. The van der Waals surface area contributed by atoms with E-state index in [0.29, 0.717) is 0 Å². The molecule has 0 saturated carbocycles. The fourth-order valence-corrected chi connectivity index (χ4v) is 0.732. The molecule has 0 aliphatic carbocycles. The monoisotopic (exact) mass is 201 g/mol. The van der Waals surface area contributed by atoms with Crippen molar-refractivity contribution in [3.8, 4) is 0 Å². The van der Waals surface area contributed by atoms with Gasteiger partial charge < -0.3 is 9.47 Å². The molecule has 0 spiro atoms. The van der Waals surface area contributed by atoms with Crippen molar-refractivity contribution in [1.29, 1.82) is 0 Å². The van der Waals surface area contributed by atoms with E-state index in [2.05, 4.69) is 10.1 Å². The fraction of sp³-hybridized carbons (Fsp3) is 0.800. The first-order valence-corrected chi connectivity index (χ1v) is 3.64. The summed E-state index contributed by atoms with van der Waals surface area (Å²) in [6, 6.07) is 0. The van der Waals surface area contributed by atoms with Crippen molar-refractivity contribution in [1.82, 2.24) is 5.32 Å². The standard InChI is InChI=1S/C5H9Cl2NO3/c1-10-4(3(6)7)8-5(9)11-2/h3-4H,1-2H3,(H,8,9). The smallest absolute Gasteiger partial charge is 0.408 e. The van der Waals surface area contributed by atoms with Gasteiger partial charge in [0.25, 0.3) is 0 Å². The molecule has 0 rings (SSSR count). The number of hydrogen-bond acceptors (Lipinski definition) is 3. The Morgan fingerprint density at radius 2 is 2.00 bits per heavy atom. The second-order valence-corrected chi connectivity index (χ2v) is 2.79. The van der Waals surface area contributed by atoms with Gasteiger partial charge in [-0.05, 0) is 0 Å². The Hall–Kier alpha value is -0.190. The average molecular weight is 202 g/mol. The van der Waals surface area contributed by atoms with Crippen LogP contribution in [0, 0.1) is 0 Å². The van der Waals surface area contributed by atoms with Crippen LogP contribution >= 0.6 is 23.2 Å². The van der Waals surface area contributed by atoms with Crippen LogP contribution in [-0.4, -0.2) is 31.4 Å². The normalized spacial score (nSPS) is 12.8. The molecule has 0 radical (unpaired) electrons. The van der Waals surface area contributed by atoms with Gasteiger partial charge in [0.15, 0.2) is 11.1 Å². The predicted octanol–water partition coefficient (Wildman–Crippen LogP) is 1.12. The van der Waals surface area contributed by atoms with E-state index in [1.807, 2.05) is 0 Å². The van der Waals surface area contributed by atoms with Crippen LogP contribution in [0.2, 0.25) is 0 Å². The van der Waals surface area contributed by atoms with E-state index in [1.165, 1.54) is 14.2 Å². The first-order chi connectivity index (χ1) is 5.11. The van der Waals surface area contributed by atoms with Crippen LogP contribution in [-0.2, 0) is 9.47 Å². The van der Waals surface area contributed by atoms with E-state index in [-0.39, 0.29) is 0 Å². The van der Waals surface area contributed by atoms with Gasteiger partial charge in [-0.25, -0.2) is 4.79 Å². The largest absolute Gasteiger partial charge is 0.453 e. The fourth-order valence-electron chi connectivity index (χ4n) is 0.400. The maximum Gasteiger partial charge on any atom is 0.408 e. The Balaban J connectivity index is 3.78. The van der Waals surface area contributed by atoms with Crippen LogP contribution in [0.1, 0.15) is 0 Å². The molecule has 0 aliphatic rings. The summed E-state index contributed by atoms with van der Waals surface area (Å²) in [4.78, 5) is 9.73. The lowest BCUT2D eigenvalue weighted by molar-refractivity contribution is 0.0761. The number of amides is 1. The van der Waals surface area contributed by atoms with Gasteiger partial charge in [0, 0.05) is 7.11 Å². The summed E-state index contributed by atoms with van der Waals surface area (Å²) in [7, 11) is 2.61. The van der Waals surface area contributed by atoms with Gasteiger partial charge in [-0.15, -0.1) is 23.2 Å². The Bertz CT molecular complexity index is 131. The molecule has 0 fully saturated rings. The molecule has 4 nitrogen and oxygen atoms in total. The van der Waals surface area contributed by atoms with Gasteiger partial charge >= 0.3 is 6.09 Å². The Labute approximate surface area is 74.7 Å². The summed E-state index contributed by atoms with van der Waals surface area (Å²) in [6.45, 7) is 0. The number of rotatable bonds is 3. The minimum atomic E-state index is -0.820. The Morgan fingerprint density at radius 3 is 2.27 bits per heavy atom. The number of carbonyl (C=O) groups is 1. The topological polar surface area (TPSA) is 47.6 Å². The number of nitrogens with one attached hydrogen (secondary N) is 1. The van der Waals surface area contributed by atoms with E-state index in [0.717, 1.165) is 0 Å². The highest BCUT2D eigenvalue weighted by molar-refractivity contribution is 6.44. The van der Waals surface area contributed by atoms with Crippen molar-refractivity contribution in [2.75, 3.05) is 14.2 Å². The molecule has 66 valence electrons. The van der Waals surface area contributed by atoms with Crippen LogP contribution in [0.25, 0.3) is 0 Å². The van der Waals surface area contributed by atoms with Crippen molar-refractivity contribution >= 4 is 29.3 Å². The molecular formula is C5H9Cl2NO3. The molecule has 0 aliphatic heterocycles. The van der Waals surface area contributed by atoms with E-state index < -0.39 is 17.2 Å². The van der Waals surface area contributed by atoms with Gasteiger partial charge in [0.05, 0.1) is 7.11 Å². The van der Waals surface area contributed by atoms with E-state index >= 15 is 0 Å². The second-order valence-electron chi connectivity index (χ2n) is 1.63. The molecule has 6 heteroatoms. The Morgan fingerprint density at radius 1 is 1.45 bits per heavy atom. The van der Waals surface area contributed by atoms with Crippen LogP contribution in [0.5, 0.6) is 0 Å². The lowest BCUT2D eigenvalue weighted by Gasteiger charge is -2.16. The molecular weight excluding hydrogens is 193 g/mol. The molecule has 1 unspecified atom stereocenters. The van der Waals surface area contributed by atoms with E-state index in [4.69, 9.17) is 27.9 Å². The van der Waals surface area contributed by atoms with Crippen LogP contribution < -0.4 is 5.32 Å². The third kappa shape index (κ3) is 4.29. The first kappa shape index (κ1) is 10.8. The van der Waals surface area contributed by atoms with Gasteiger partial charge in [0.1, 0.15) is 0 Å². The molecule has 11 heavy (non-hydrogen) atoms. The van der Waals surface area contributed by atoms with Crippen molar-refractivity contribution in [3.05, 3.63) is 0 Å². The first-order valence-electron chi connectivity index (χ1n) is 2.77. The molecule has 0 aromatic carbocycles. The van der Waals surface area contributed by atoms with Gasteiger partial charge in [0.2, 0.25) is 0 Å². The van der Waals surface area contributed by atoms with Crippen molar-refractivity contribution in [2.24, 2.45) is 0 Å². The third-order valence-corrected chi connectivity index (χ3v) is 1.39. The average Bonchev–Trinajstić information content (AvgIpc) is 1.99. The molecule has 1 amide bonds. The zero-order valence-corrected chi connectivity index (χ0v) is 7.65. The van der Waals surface area contributed by atoms with E-state index in [1.54, 1.807) is 0 Å².